The number of nitriles is 1. The van der Waals surface area contributed by atoms with Crippen LogP contribution in [0.3, 0.4) is 0 Å². The van der Waals surface area contributed by atoms with Crippen molar-refractivity contribution in [2.24, 2.45) is 5.92 Å². The molecule has 1 saturated carbocycles. The lowest BCUT2D eigenvalue weighted by Crippen LogP contribution is -2.12. The van der Waals surface area contributed by atoms with Gasteiger partial charge in [-0.25, -0.2) is 4.39 Å². The van der Waals surface area contributed by atoms with E-state index in [1.54, 1.807) is 12.1 Å². The van der Waals surface area contributed by atoms with Gasteiger partial charge in [-0.15, -0.1) is 0 Å². The van der Waals surface area contributed by atoms with Crippen molar-refractivity contribution in [1.29, 1.82) is 5.26 Å². The van der Waals surface area contributed by atoms with Crippen molar-refractivity contribution in [1.82, 2.24) is 0 Å². The van der Waals surface area contributed by atoms with Gasteiger partial charge in [-0.05, 0) is 36.3 Å². The molecule has 1 aliphatic rings. The average Bonchev–Trinajstić information content (AvgIpc) is 2.34. The number of benzene rings is 1. The molecule has 1 N–H and O–H groups in total. The van der Waals surface area contributed by atoms with Crippen LogP contribution in [0.25, 0.3) is 0 Å². The second-order valence-corrected chi connectivity index (χ2v) is 4.93. The van der Waals surface area contributed by atoms with Crippen molar-refractivity contribution in [2.75, 3.05) is 0 Å². The van der Waals surface area contributed by atoms with E-state index in [2.05, 4.69) is 6.92 Å². The van der Waals surface area contributed by atoms with Gasteiger partial charge in [-0.3, -0.25) is 0 Å². The Morgan fingerprint density at radius 2 is 1.94 bits per heavy atom. The van der Waals surface area contributed by atoms with Crippen LogP contribution < -0.4 is 0 Å². The second-order valence-electron chi connectivity index (χ2n) is 4.93. The van der Waals surface area contributed by atoms with E-state index in [4.69, 9.17) is 5.26 Å². The number of halogens is 1. The molecule has 0 atom stereocenters. The summed E-state index contributed by atoms with van der Waals surface area (Å²) in [6.45, 7) is 2.21. The van der Waals surface area contributed by atoms with Gasteiger partial charge >= 0.3 is 0 Å². The van der Waals surface area contributed by atoms with Gasteiger partial charge < -0.3 is 5.11 Å². The molecule has 0 amide bonds. The fraction of sp³-hybridized carbons (Fsp3) is 0.500. The molecule has 3 heteroatoms. The van der Waals surface area contributed by atoms with E-state index in [1.165, 1.54) is 6.07 Å². The molecule has 90 valence electrons. The molecule has 0 spiro atoms. The van der Waals surface area contributed by atoms with Gasteiger partial charge in [0.05, 0.1) is 5.56 Å². The Balaban J connectivity index is 2.28. The quantitative estimate of drug-likeness (QED) is 0.803. The highest BCUT2D eigenvalue weighted by Gasteiger charge is 2.24. The van der Waals surface area contributed by atoms with Gasteiger partial charge in [0.2, 0.25) is 0 Å². The van der Waals surface area contributed by atoms with Gasteiger partial charge in [0.15, 0.2) is 11.6 Å². The van der Waals surface area contributed by atoms with E-state index < -0.39 is 11.6 Å². The number of nitrogens with zero attached hydrogens (tertiary/aromatic N) is 1. The maximum absolute atomic E-state index is 13.9. The molecule has 0 unspecified atom stereocenters. The lowest BCUT2D eigenvalue weighted by atomic mass is 9.79. The van der Waals surface area contributed by atoms with Crippen molar-refractivity contribution < 1.29 is 9.50 Å². The predicted octanol–water partition coefficient (Wildman–Crippen LogP) is 3.70. The summed E-state index contributed by atoms with van der Waals surface area (Å²) in [5, 5.41) is 18.3. The Morgan fingerprint density at radius 3 is 2.53 bits per heavy atom. The fourth-order valence-corrected chi connectivity index (χ4v) is 2.56. The highest BCUT2D eigenvalue weighted by atomic mass is 19.1. The Hall–Kier alpha value is -1.56. The molecule has 17 heavy (non-hydrogen) atoms. The van der Waals surface area contributed by atoms with Gasteiger partial charge in [0, 0.05) is 0 Å². The first kappa shape index (κ1) is 11.9. The molecule has 0 aromatic heterocycles. The smallest absolute Gasteiger partial charge is 0.169 e. The fourth-order valence-electron chi connectivity index (χ4n) is 2.56. The third kappa shape index (κ3) is 2.26. The van der Waals surface area contributed by atoms with Gasteiger partial charge in [0.25, 0.3) is 0 Å². The van der Waals surface area contributed by atoms with Crippen LogP contribution >= 0.6 is 0 Å². The molecular formula is C14H16FNO. The van der Waals surface area contributed by atoms with Crippen molar-refractivity contribution in [2.45, 2.75) is 38.5 Å². The minimum absolute atomic E-state index is 0.00966. The maximum Gasteiger partial charge on any atom is 0.169 e. The first-order valence-electron chi connectivity index (χ1n) is 6.05. The van der Waals surface area contributed by atoms with Crippen LogP contribution in [0, 0.1) is 23.1 Å². The zero-order chi connectivity index (χ0) is 12.4. The van der Waals surface area contributed by atoms with E-state index in [9.17, 15) is 9.50 Å². The number of phenols is 1. The molecule has 0 saturated heterocycles. The molecule has 1 aliphatic carbocycles. The van der Waals surface area contributed by atoms with E-state index in [1.807, 2.05) is 0 Å². The van der Waals surface area contributed by atoms with Crippen LogP contribution in [0.5, 0.6) is 5.75 Å². The number of rotatable bonds is 1. The summed E-state index contributed by atoms with van der Waals surface area (Å²) in [5.41, 5.74) is 0.573. The molecule has 2 rings (SSSR count). The monoisotopic (exact) mass is 233 g/mol. The molecular weight excluding hydrogens is 217 g/mol. The minimum Gasteiger partial charge on any atom is -0.504 e. The standard InChI is InChI=1S/C14H16FNO/c1-9-2-4-10(5-3-9)12-7-6-11(8-16)14(17)13(12)15/h6-7,9-10,17H,2-5H2,1H3. The van der Waals surface area contributed by atoms with Gasteiger partial charge in [-0.2, -0.15) is 5.26 Å². The van der Waals surface area contributed by atoms with Gasteiger partial charge in [-0.1, -0.05) is 25.8 Å². The summed E-state index contributed by atoms with van der Waals surface area (Å²) in [5.74, 6) is -0.210. The molecule has 0 bridgehead atoms. The van der Waals surface area contributed by atoms with Crippen LogP contribution in [-0.4, -0.2) is 5.11 Å². The van der Waals surface area contributed by atoms with Crippen LogP contribution in [-0.2, 0) is 0 Å². The number of hydrogen-bond donors (Lipinski definition) is 1. The number of aromatic hydroxyl groups is 1. The zero-order valence-electron chi connectivity index (χ0n) is 9.91. The van der Waals surface area contributed by atoms with Crippen LogP contribution in [0.15, 0.2) is 12.1 Å². The summed E-state index contributed by atoms with van der Waals surface area (Å²) >= 11 is 0. The molecule has 1 fully saturated rings. The average molecular weight is 233 g/mol. The van der Waals surface area contributed by atoms with E-state index in [-0.39, 0.29) is 11.5 Å². The summed E-state index contributed by atoms with van der Waals surface area (Å²) in [4.78, 5) is 0. The normalized spacial score (nSPS) is 24.3. The Labute approximate surface area is 101 Å². The van der Waals surface area contributed by atoms with Crippen LogP contribution in [0.2, 0.25) is 0 Å². The third-order valence-corrected chi connectivity index (χ3v) is 3.72. The highest BCUT2D eigenvalue weighted by molar-refractivity contribution is 5.46. The molecule has 0 aliphatic heterocycles. The number of hydrogen-bond acceptors (Lipinski definition) is 2. The SMILES string of the molecule is CC1CCC(c2ccc(C#N)c(O)c2F)CC1. The second kappa shape index (κ2) is 4.75. The Bertz CT molecular complexity index is 456. The third-order valence-electron chi connectivity index (χ3n) is 3.72. The van der Waals surface area contributed by atoms with Crippen molar-refractivity contribution in [3.63, 3.8) is 0 Å². The highest BCUT2D eigenvalue weighted by Crippen LogP contribution is 2.38. The van der Waals surface area contributed by atoms with Crippen molar-refractivity contribution >= 4 is 0 Å². The first-order valence-corrected chi connectivity index (χ1v) is 6.05. The topological polar surface area (TPSA) is 44.0 Å². The minimum atomic E-state index is -0.608. The Kier molecular flexibility index (Phi) is 3.33. The molecule has 0 radical (unpaired) electrons. The van der Waals surface area contributed by atoms with Gasteiger partial charge in [0.1, 0.15) is 6.07 Å². The molecule has 1 aromatic rings. The molecule has 2 nitrogen and oxygen atoms in total. The Morgan fingerprint density at radius 1 is 1.29 bits per heavy atom. The summed E-state index contributed by atoms with van der Waals surface area (Å²) < 4.78 is 13.9. The van der Waals surface area contributed by atoms with Crippen LogP contribution in [0.4, 0.5) is 4.39 Å². The maximum atomic E-state index is 13.9. The number of phenolic OH excluding ortho intramolecular Hbond substituents is 1. The summed E-state index contributed by atoms with van der Waals surface area (Å²) in [6.07, 6.45) is 4.13. The predicted molar refractivity (Wildman–Crippen MR) is 63.2 cm³/mol. The lowest BCUT2D eigenvalue weighted by Gasteiger charge is -2.26. The molecule has 0 heterocycles. The first-order chi connectivity index (χ1) is 8.13. The summed E-state index contributed by atoms with van der Waals surface area (Å²) in [6, 6.07) is 4.94. The summed E-state index contributed by atoms with van der Waals surface area (Å²) in [7, 11) is 0. The largest absolute Gasteiger partial charge is 0.504 e. The van der Waals surface area contributed by atoms with Crippen molar-refractivity contribution in [3.05, 3.63) is 29.1 Å². The lowest BCUT2D eigenvalue weighted by molar-refractivity contribution is 0.338. The van der Waals surface area contributed by atoms with E-state index in [0.29, 0.717) is 11.5 Å². The van der Waals surface area contributed by atoms with Crippen molar-refractivity contribution in [3.8, 4) is 11.8 Å². The molecule has 1 aromatic carbocycles. The van der Waals surface area contributed by atoms with E-state index in [0.717, 1.165) is 25.7 Å². The van der Waals surface area contributed by atoms with E-state index >= 15 is 0 Å². The zero-order valence-corrected chi connectivity index (χ0v) is 9.91. The van der Waals surface area contributed by atoms with Crippen LogP contribution in [0.1, 0.15) is 49.7 Å².